The molecule has 2 amide bonds. The van der Waals surface area contributed by atoms with Crippen LogP contribution in [-0.4, -0.2) is 58.6 Å². The van der Waals surface area contributed by atoms with Gasteiger partial charge in [-0.25, -0.2) is 13.8 Å². The van der Waals surface area contributed by atoms with E-state index in [9.17, 15) is 23.6 Å². The van der Waals surface area contributed by atoms with Crippen molar-refractivity contribution in [3.8, 4) is 6.07 Å². The SMILES string of the molecule is CC(C)C=C(C#N)C(=O)N1CCCC1Cn1c(NC(=O)c2ccc(C(F)F)s2)nc2cc(CNCC3(C)COC3)ccc21. The minimum atomic E-state index is -2.66. The molecule has 2 N–H and O–H groups in total. The van der Waals surface area contributed by atoms with Gasteiger partial charge in [0.05, 0.1) is 40.0 Å². The van der Waals surface area contributed by atoms with E-state index in [0.29, 0.717) is 25.2 Å². The highest BCUT2D eigenvalue weighted by Gasteiger charge is 2.33. The number of aromatic nitrogens is 2. The van der Waals surface area contributed by atoms with Gasteiger partial charge in [0.1, 0.15) is 11.6 Å². The molecule has 0 spiro atoms. The topological polar surface area (TPSA) is 112 Å². The number of halogens is 2. The van der Waals surface area contributed by atoms with Crippen LogP contribution in [0.1, 0.15) is 60.2 Å². The van der Waals surface area contributed by atoms with Crippen molar-refractivity contribution in [2.75, 3.05) is 31.6 Å². The average molecular weight is 611 g/mol. The molecular weight excluding hydrogens is 574 g/mol. The first-order valence-corrected chi connectivity index (χ1v) is 15.3. The maximum Gasteiger partial charge on any atom is 0.272 e. The second-order valence-corrected chi connectivity index (χ2v) is 13.1. The Bertz CT molecular complexity index is 1570. The minimum Gasteiger partial charge on any atom is -0.380 e. The lowest BCUT2D eigenvalue weighted by atomic mass is 9.89. The Kier molecular flexibility index (Phi) is 9.25. The van der Waals surface area contributed by atoms with Gasteiger partial charge in [-0.15, -0.1) is 11.3 Å². The highest BCUT2D eigenvalue weighted by atomic mass is 32.1. The van der Waals surface area contributed by atoms with Gasteiger partial charge in [0.25, 0.3) is 18.2 Å². The lowest BCUT2D eigenvalue weighted by Crippen LogP contribution is -2.47. The molecule has 12 heteroatoms. The molecule has 4 heterocycles. The van der Waals surface area contributed by atoms with Crippen molar-refractivity contribution in [1.82, 2.24) is 19.8 Å². The standard InChI is InChI=1S/C31H36F2N6O3S/c1-19(2)11-21(13-34)29(41)38-10-4-5-22(38)15-39-24-7-6-20(14-35-16-31(3)17-42-18-31)12-23(24)36-30(39)37-28(40)26-9-8-25(43-26)27(32)33/h6-9,11-12,19,22,27,35H,4-5,10,14-18H2,1-3H3,(H,36,37,40). The maximum atomic E-state index is 13.3. The molecular formula is C31H36F2N6O3S. The lowest BCUT2D eigenvalue weighted by Gasteiger charge is -2.38. The fraction of sp³-hybridized carbons (Fsp3) is 0.484. The van der Waals surface area contributed by atoms with E-state index in [1.54, 1.807) is 11.0 Å². The number of imidazole rings is 1. The smallest absolute Gasteiger partial charge is 0.272 e. The summed E-state index contributed by atoms with van der Waals surface area (Å²) in [5.41, 5.74) is 2.72. The van der Waals surface area contributed by atoms with Crippen LogP contribution < -0.4 is 10.6 Å². The molecule has 43 heavy (non-hydrogen) atoms. The molecule has 0 saturated carbocycles. The number of rotatable bonds is 11. The maximum absolute atomic E-state index is 13.3. The van der Waals surface area contributed by atoms with Gasteiger partial charge in [-0.2, -0.15) is 5.26 Å². The first-order chi connectivity index (χ1) is 20.6. The predicted molar refractivity (Wildman–Crippen MR) is 161 cm³/mol. The van der Waals surface area contributed by atoms with Gasteiger partial charge in [0.2, 0.25) is 5.95 Å². The van der Waals surface area contributed by atoms with Crippen LogP contribution in [0, 0.1) is 22.7 Å². The van der Waals surface area contributed by atoms with Crippen LogP contribution in [0.4, 0.5) is 14.7 Å². The predicted octanol–water partition coefficient (Wildman–Crippen LogP) is 5.51. The molecule has 228 valence electrons. The van der Waals surface area contributed by atoms with Crippen molar-refractivity contribution < 1.29 is 23.1 Å². The second kappa shape index (κ2) is 12.9. The molecule has 1 unspecified atom stereocenters. The van der Waals surface area contributed by atoms with Crippen LogP contribution in [0.5, 0.6) is 0 Å². The van der Waals surface area contributed by atoms with Gasteiger partial charge >= 0.3 is 0 Å². The van der Waals surface area contributed by atoms with E-state index < -0.39 is 12.3 Å². The summed E-state index contributed by atoms with van der Waals surface area (Å²) in [6.07, 6.45) is 0.540. The number of nitriles is 1. The van der Waals surface area contributed by atoms with Crippen LogP contribution in [0.25, 0.3) is 11.0 Å². The van der Waals surface area contributed by atoms with Crippen LogP contribution in [0.3, 0.4) is 0 Å². The van der Waals surface area contributed by atoms with Gasteiger partial charge in [-0.3, -0.25) is 14.9 Å². The molecule has 3 aromatic rings. The molecule has 0 bridgehead atoms. The second-order valence-electron chi connectivity index (χ2n) is 12.0. The Morgan fingerprint density at radius 1 is 1.28 bits per heavy atom. The summed E-state index contributed by atoms with van der Waals surface area (Å²) < 4.78 is 33.5. The third-order valence-corrected chi connectivity index (χ3v) is 8.86. The largest absolute Gasteiger partial charge is 0.380 e. The summed E-state index contributed by atoms with van der Waals surface area (Å²) in [6, 6.07) is 10.4. The average Bonchev–Trinajstić information content (AvgIpc) is 3.70. The number of carbonyl (C=O) groups is 2. The zero-order chi connectivity index (χ0) is 30.7. The van der Waals surface area contributed by atoms with Crippen molar-refractivity contribution >= 4 is 40.1 Å². The summed E-state index contributed by atoms with van der Waals surface area (Å²) >= 11 is 0.743. The number of hydrogen-bond donors (Lipinski definition) is 2. The van der Waals surface area contributed by atoms with Gasteiger partial charge in [0, 0.05) is 31.6 Å². The number of allylic oxidation sites excluding steroid dienone is 1. The molecule has 2 aliphatic heterocycles. The summed E-state index contributed by atoms with van der Waals surface area (Å²) in [5.74, 6) is -0.507. The van der Waals surface area contributed by atoms with Gasteiger partial charge < -0.3 is 19.5 Å². The summed E-state index contributed by atoms with van der Waals surface area (Å²) in [5, 5.41) is 15.9. The molecule has 0 aliphatic carbocycles. The highest BCUT2D eigenvalue weighted by Crippen LogP contribution is 2.30. The summed E-state index contributed by atoms with van der Waals surface area (Å²) in [7, 11) is 0. The Morgan fingerprint density at radius 2 is 2.07 bits per heavy atom. The van der Waals surface area contributed by atoms with Gasteiger partial charge in [-0.05, 0) is 48.6 Å². The van der Waals surface area contributed by atoms with Crippen LogP contribution in [0.2, 0.25) is 0 Å². The first kappa shape index (κ1) is 30.8. The molecule has 2 aliphatic rings. The van der Waals surface area contributed by atoms with Crippen LogP contribution in [-0.2, 0) is 22.6 Å². The Hall–Kier alpha value is -3.66. The number of nitrogens with zero attached hydrogens (tertiary/aromatic N) is 4. The number of anilines is 1. The lowest BCUT2D eigenvalue weighted by molar-refractivity contribution is -0.127. The van der Waals surface area contributed by atoms with Crippen molar-refractivity contribution in [2.24, 2.45) is 11.3 Å². The number of alkyl halides is 2. The normalized spacial score (nSPS) is 18.3. The Labute approximate surface area is 253 Å². The van der Waals surface area contributed by atoms with E-state index in [2.05, 4.69) is 23.6 Å². The quantitative estimate of drug-likeness (QED) is 0.219. The minimum absolute atomic E-state index is 0.0514. The van der Waals surface area contributed by atoms with Gasteiger partial charge in [0.15, 0.2) is 0 Å². The number of fused-ring (bicyclic) bond motifs is 1. The van der Waals surface area contributed by atoms with Gasteiger partial charge in [-0.1, -0.05) is 32.9 Å². The van der Waals surface area contributed by atoms with E-state index in [0.717, 1.165) is 55.0 Å². The molecule has 1 aromatic carbocycles. The van der Waals surface area contributed by atoms with Crippen molar-refractivity contribution in [3.05, 3.63) is 57.3 Å². The monoisotopic (exact) mass is 610 g/mol. The summed E-state index contributed by atoms with van der Waals surface area (Å²) in [4.78, 5) is 32.9. The number of ether oxygens (including phenoxy) is 1. The Morgan fingerprint density at radius 3 is 2.72 bits per heavy atom. The third-order valence-electron chi connectivity index (χ3n) is 7.77. The molecule has 2 saturated heterocycles. The van der Waals surface area contributed by atoms with E-state index in [1.807, 2.05) is 36.6 Å². The number of hydrogen-bond acceptors (Lipinski definition) is 7. The number of thiophene rings is 1. The number of benzene rings is 1. The van der Waals surface area contributed by atoms with E-state index in [1.165, 1.54) is 12.1 Å². The molecule has 1 atom stereocenters. The molecule has 2 aromatic heterocycles. The molecule has 2 fully saturated rings. The molecule has 0 radical (unpaired) electrons. The van der Waals surface area contributed by atoms with E-state index >= 15 is 0 Å². The van der Waals surface area contributed by atoms with E-state index in [-0.39, 0.29) is 44.6 Å². The Balaban J connectivity index is 1.42. The fourth-order valence-electron chi connectivity index (χ4n) is 5.53. The number of nitrogens with one attached hydrogen (secondary N) is 2. The third kappa shape index (κ3) is 6.95. The summed E-state index contributed by atoms with van der Waals surface area (Å²) in [6.45, 7) is 9.82. The fourth-order valence-corrected chi connectivity index (χ4v) is 6.29. The van der Waals surface area contributed by atoms with Crippen molar-refractivity contribution in [3.63, 3.8) is 0 Å². The van der Waals surface area contributed by atoms with Crippen LogP contribution >= 0.6 is 11.3 Å². The van der Waals surface area contributed by atoms with E-state index in [4.69, 9.17) is 9.72 Å². The van der Waals surface area contributed by atoms with Crippen molar-refractivity contribution in [2.45, 2.75) is 59.2 Å². The number of carbonyl (C=O) groups excluding carboxylic acids is 2. The molecule has 9 nitrogen and oxygen atoms in total. The number of amides is 2. The van der Waals surface area contributed by atoms with Crippen molar-refractivity contribution in [1.29, 1.82) is 5.26 Å². The first-order valence-electron chi connectivity index (χ1n) is 14.5. The van der Waals surface area contributed by atoms with Crippen LogP contribution in [0.15, 0.2) is 42.0 Å². The highest BCUT2D eigenvalue weighted by molar-refractivity contribution is 7.14. The number of likely N-dealkylation sites (tertiary alicyclic amines) is 1. The zero-order valence-electron chi connectivity index (χ0n) is 24.5. The zero-order valence-corrected chi connectivity index (χ0v) is 25.3. The molecule has 5 rings (SSSR count).